The predicted octanol–water partition coefficient (Wildman–Crippen LogP) is 0.802. The normalized spacial score (nSPS) is 28.2. The number of hydrogen-bond donors (Lipinski definition) is 2. The van der Waals surface area contributed by atoms with Crippen molar-refractivity contribution < 1.29 is 14.6 Å². The fraction of sp³-hybridized carbons (Fsp3) is 0.846. The molecule has 0 amide bonds. The maximum atomic E-state index is 11.7. The monoisotopic (exact) mass is 286 g/mol. The molecular weight excluding hydrogens is 264 g/mol. The number of esters is 1. The second kappa shape index (κ2) is 6.52. The zero-order valence-electron chi connectivity index (χ0n) is 11.3. The van der Waals surface area contributed by atoms with Crippen LogP contribution in [0.2, 0.25) is 0 Å². The molecule has 0 radical (unpaired) electrons. The summed E-state index contributed by atoms with van der Waals surface area (Å²) in [7, 11) is 1.36. The Morgan fingerprint density at radius 1 is 1.37 bits per heavy atom. The van der Waals surface area contributed by atoms with Gasteiger partial charge in [0.25, 0.3) is 0 Å². The number of hydrogen-bond acceptors (Lipinski definition) is 4. The summed E-state index contributed by atoms with van der Waals surface area (Å²) in [6.45, 7) is 0.401. The summed E-state index contributed by atoms with van der Waals surface area (Å²) in [5.41, 5.74) is 0. The van der Waals surface area contributed by atoms with Gasteiger partial charge in [-0.2, -0.15) is 0 Å². The molecule has 5 nitrogen and oxygen atoms in total. The second-order valence-corrected chi connectivity index (χ2v) is 5.75. The van der Waals surface area contributed by atoms with E-state index >= 15 is 0 Å². The highest BCUT2D eigenvalue weighted by molar-refractivity contribution is 7.80. The Balaban J connectivity index is 1.94. The molecule has 0 aromatic carbocycles. The molecule has 0 unspecified atom stereocenters. The topological polar surface area (TPSA) is 61.8 Å². The van der Waals surface area contributed by atoms with E-state index < -0.39 is 12.1 Å². The smallest absolute Gasteiger partial charge is 0.328 e. The molecule has 0 spiro atoms. The number of likely N-dealkylation sites (tertiary alicyclic amines) is 1. The number of nitrogens with zero attached hydrogens (tertiary/aromatic N) is 1. The molecule has 6 heteroatoms. The first-order valence-electron chi connectivity index (χ1n) is 6.95. The number of thiocarbonyl (C=S) groups is 1. The first-order valence-corrected chi connectivity index (χ1v) is 7.35. The fourth-order valence-electron chi connectivity index (χ4n) is 2.90. The number of methoxy groups -OCH3 is 1. The van der Waals surface area contributed by atoms with Crippen LogP contribution in [0, 0.1) is 0 Å². The van der Waals surface area contributed by atoms with Crippen LogP contribution in [0.1, 0.15) is 38.5 Å². The van der Waals surface area contributed by atoms with Crippen LogP contribution in [0.5, 0.6) is 0 Å². The van der Waals surface area contributed by atoms with Gasteiger partial charge in [-0.05, 0) is 25.1 Å². The van der Waals surface area contributed by atoms with Crippen molar-refractivity contribution in [3.63, 3.8) is 0 Å². The molecular formula is C13H22N2O3S. The van der Waals surface area contributed by atoms with Gasteiger partial charge in [0.05, 0.1) is 13.2 Å². The summed E-state index contributed by atoms with van der Waals surface area (Å²) >= 11 is 5.39. The standard InChI is InChI=1S/C13H22N2O3S/c1-18-12(17)11-7-10(16)8-15(11)13(19)14-9-5-3-2-4-6-9/h9-11,16H,2-8H2,1H3,(H,14,19)/t10-,11+/m1/s1. The van der Waals surface area contributed by atoms with E-state index in [1.165, 1.54) is 26.4 Å². The van der Waals surface area contributed by atoms with E-state index in [4.69, 9.17) is 17.0 Å². The molecule has 2 rings (SSSR count). The lowest BCUT2D eigenvalue weighted by Crippen LogP contribution is -2.49. The van der Waals surface area contributed by atoms with Gasteiger partial charge < -0.3 is 20.1 Å². The molecule has 2 atom stereocenters. The highest BCUT2D eigenvalue weighted by Crippen LogP contribution is 2.21. The minimum Gasteiger partial charge on any atom is -0.467 e. The summed E-state index contributed by atoms with van der Waals surface area (Å²) in [5, 5.41) is 13.6. The molecule has 2 N–H and O–H groups in total. The van der Waals surface area contributed by atoms with Crippen molar-refractivity contribution in [3.8, 4) is 0 Å². The largest absolute Gasteiger partial charge is 0.467 e. The minimum atomic E-state index is -0.518. The van der Waals surface area contributed by atoms with Crippen molar-refractivity contribution in [1.29, 1.82) is 0 Å². The highest BCUT2D eigenvalue weighted by Gasteiger charge is 2.38. The van der Waals surface area contributed by atoms with Crippen LogP contribution < -0.4 is 5.32 Å². The van der Waals surface area contributed by atoms with E-state index in [9.17, 15) is 9.90 Å². The van der Waals surface area contributed by atoms with Crippen molar-refractivity contribution >= 4 is 23.3 Å². The third-order valence-corrected chi connectivity index (χ3v) is 4.30. The van der Waals surface area contributed by atoms with Gasteiger partial charge in [-0.3, -0.25) is 0 Å². The molecule has 1 heterocycles. The van der Waals surface area contributed by atoms with Crippen molar-refractivity contribution in [3.05, 3.63) is 0 Å². The van der Waals surface area contributed by atoms with Gasteiger partial charge in [0, 0.05) is 19.0 Å². The fourth-order valence-corrected chi connectivity index (χ4v) is 3.27. The van der Waals surface area contributed by atoms with Gasteiger partial charge in [0.2, 0.25) is 0 Å². The van der Waals surface area contributed by atoms with Crippen LogP contribution in [-0.4, -0.2) is 52.9 Å². The molecule has 1 aliphatic heterocycles. The summed E-state index contributed by atoms with van der Waals surface area (Å²) < 4.78 is 4.77. The van der Waals surface area contributed by atoms with Gasteiger partial charge in [0.15, 0.2) is 5.11 Å². The molecule has 1 saturated carbocycles. The Kier molecular flexibility index (Phi) is 4.99. The number of β-amino-alcohol motifs (C(OH)–C–C–N with tert-alkyl or cyclic N) is 1. The lowest BCUT2D eigenvalue weighted by atomic mass is 9.96. The predicted molar refractivity (Wildman–Crippen MR) is 75.7 cm³/mol. The van der Waals surface area contributed by atoms with Crippen molar-refractivity contribution in [2.45, 2.75) is 56.7 Å². The molecule has 1 saturated heterocycles. The number of aliphatic hydroxyl groups is 1. The third-order valence-electron chi connectivity index (χ3n) is 3.95. The molecule has 2 fully saturated rings. The van der Waals surface area contributed by atoms with Gasteiger partial charge in [0.1, 0.15) is 6.04 Å². The SMILES string of the molecule is COC(=O)[C@@H]1C[C@@H](O)CN1C(=S)NC1CCCCC1. The van der Waals surface area contributed by atoms with Gasteiger partial charge in [-0.25, -0.2) is 4.79 Å². The van der Waals surface area contributed by atoms with Crippen molar-refractivity contribution in [2.75, 3.05) is 13.7 Å². The van der Waals surface area contributed by atoms with Crippen LogP contribution in [0.3, 0.4) is 0 Å². The van der Waals surface area contributed by atoms with Crippen molar-refractivity contribution in [2.24, 2.45) is 0 Å². The Labute approximate surface area is 119 Å². The van der Waals surface area contributed by atoms with Crippen LogP contribution >= 0.6 is 12.2 Å². The number of carbonyl (C=O) groups is 1. The van der Waals surface area contributed by atoms with E-state index in [1.807, 2.05) is 0 Å². The van der Waals surface area contributed by atoms with Crippen LogP contribution in [-0.2, 0) is 9.53 Å². The number of nitrogens with one attached hydrogen (secondary N) is 1. The number of rotatable bonds is 2. The highest BCUT2D eigenvalue weighted by atomic mass is 32.1. The zero-order chi connectivity index (χ0) is 13.8. The van der Waals surface area contributed by atoms with Gasteiger partial charge in [-0.1, -0.05) is 19.3 Å². The molecule has 19 heavy (non-hydrogen) atoms. The molecule has 2 aliphatic rings. The van der Waals surface area contributed by atoms with Crippen LogP contribution in [0.15, 0.2) is 0 Å². The Morgan fingerprint density at radius 2 is 2.05 bits per heavy atom. The summed E-state index contributed by atoms with van der Waals surface area (Å²) in [5.74, 6) is -0.329. The number of aliphatic hydroxyl groups excluding tert-OH is 1. The summed E-state index contributed by atoms with van der Waals surface area (Å²) in [6, 6.07) is -0.0547. The average molecular weight is 286 g/mol. The third kappa shape index (κ3) is 3.57. The van der Waals surface area contributed by atoms with E-state index in [0.29, 0.717) is 24.1 Å². The zero-order valence-corrected chi connectivity index (χ0v) is 12.1. The van der Waals surface area contributed by atoms with E-state index in [1.54, 1.807) is 4.90 Å². The van der Waals surface area contributed by atoms with E-state index in [0.717, 1.165) is 12.8 Å². The lowest BCUT2D eigenvalue weighted by Gasteiger charge is -2.30. The lowest BCUT2D eigenvalue weighted by molar-refractivity contribution is -0.144. The first kappa shape index (κ1) is 14.5. The van der Waals surface area contributed by atoms with Crippen LogP contribution in [0.4, 0.5) is 0 Å². The van der Waals surface area contributed by atoms with Crippen molar-refractivity contribution in [1.82, 2.24) is 10.2 Å². The quantitative estimate of drug-likeness (QED) is 0.578. The minimum absolute atomic E-state index is 0.329. The number of carbonyl (C=O) groups excluding carboxylic acids is 1. The Bertz CT molecular complexity index is 345. The molecule has 1 aliphatic carbocycles. The summed E-state index contributed by atoms with van der Waals surface area (Å²) in [4.78, 5) is 13.5. The average Bonchev–Trinajstić information content (AvgIpc) is 2.81. The Morgan fingerprint density at radius 3 is 2.68 bits per heavy atom. The second-order valence-electron chi connectivity index (χ2n) is 5.37. The maximum Gasteiger partial charge on any atom is 0.328 e. The van der Waals surface area contributed by atoms with E-state index in [-0.39, 0.29) is 5.97 Å². The maximum absolute atomic E-state index is 11.7. The molecule has 0 aromatic heterocycles. The van der Waals surface area contributed by atoms with Gasteiger partial charge in [-0.15, -0.1) is 0 Å². The molecule has 108 valence electrons. The van der Waals surface area contributed by atoms with Gasteiger partial charge >= 0.3 is 5.97 Å². The first-order chi connectivity index (χ1) is 9.11. The Hall–Kier alpha value is -0.880. The van der Waals surface area contributed by atoms with Crippen LogP contribution in [0.25, 0.3) is 0 Å². The number of ether oxygens (including phenoxy) is 1. The summed E-state index contributed by atoms with van der Waals surface area (Å²) in [6.07, 6.45) is 5.86. The van der Waals surface area contributed by atoms with E-state index in [2.05, 4.69) is 5.32 Å². The molecule has 0 bridgehead atoms. The molecule has 0 aromatic rings.